The molecule has 5 nitrogen and oxygen atoms in total. The van der Waals surface area contributed by atoms with Crippen molar-refractivity contribution < 1.29 is 9.47 Å². The SMILES string of the molecule is COc1ccc(Cn2ncc3c4c(cnc32)CCOc2ccccc2-4)cc1. The number of aromatic nitrogens is 3. The Hall–Kier alpha value is -3.34. The standard InChI is InChI=1S/C22H19N3O2/c1-26-17-8-6-15(7-9-17)14-25-22-19(13-24-25)21-16(12-23-22)10-11-27-20-5-3-2-4-18(20)21/h2-9,12-13H,10-11,14H2,1H3. The van der Waals surface area contributed by atoms with Gasteiger partial charge in [0.05, 0.1) is 26.5 Å². The van der Waals surface area contributed by atoms with Gasteiger partial charge in [-0.05, 0) is 29.3 Å². The number of hydrogen-bond acceptors (Lipinski definition) is 4. The molecule has 0 spiro atoms. The van der Waals surface area contributed by atoms with Crippen LogP contribution in [0, 0.1) is 0 Å². The van der Waals surface area contributed by atoms with Gasteiger partial charge in [0.2, 0.25) is 0 Å². The Labute approximate surface area is 157 Å². The lowest BCUT2D eigenvalue weighted by Crippen LogP contribution is -2.03. The van der Waals surface area contributed by atoms with Crippen LogP contribution in [0.15, 0.2) is 60.9 Å². The Balaban J connectivity index is 1.62. The lowest BCUT2D eigenvalue weighted by Gasteiger charge is -2.10. The highest BCUT2D eigenvalue weighted by atomic mass is 16.5. The summed E-state index contributed by atoms with van der Waals surface area (Å²) in [5, 5.41) is 5.70. The molecular formula is C22H19N3O2. The highest BCUT2D eigenvalue weighted by molar-refractivity contribution is 5.96. The molecule has 0 atom stereocenters. The number of ether oxygens (including phenoxy) is 2. The van der Waals surface area contributed by atoms with Crippen molar-refractivity contribution in [3.05, 3.63) is 72.1 Å². The van der Waals surface area contributed by atoms with Gasteiger partial charge >= 0.3 is 0 Å². The quantitative estimate of drug-likeness (QED) is 0.554. The van der Waals surface area contributed by atoms with Crippen molar-refractivity contribution >= 4 is 11.0 Å². The second-order valence-electron chi connectivity index (χ2n) is 6.64. The fourth-order valence-electron chi connectivity index (χ4n) is 3.67. The van der Waals surface area contributed by atoms with E-state index in [-0.39, 0.29) is 0 Å². The van der Waals surface area contributed by atoms with Gasteiger partial charge in [-0.15, -0.1) is 0 Å². The average Bonchev–Trinajstić information content (AvgIpc) is 3.01. The van der Waals surface area contributed by atoms with Crippen molar-refractivity contribution in [1.29, 1.82) is 0 Å². The van der Waals surface area contributed by atoms with Crippen molar-refractivity contribution in [1.82, 2.24) is 14.8 Å². The molecule has 27 heavy (non-hydrogen) atoms. The predicted octanol–water partition coefficient (Wildman–Crippen LogP) is 4.09. The van der Waals surface area contributed by atoms with Gasteiger partial charge in [0.15, 0.2) is 5.65 Å². The summed E-state index contributed by atoms with van der Waals surface area (Å²) in [7, 11) is 1.67. The molecule has 3 heterocycles. The molecule has 2 aromatic carbocycles. The first-order valence-corrected chi connectivity index (χ1v) is 9.02. The molecule has 0 aliphatic carbocycles. The van der Waals surface area contributed by atoms with Crippen LogP contribution in [0.5, 0.6) is 11.5 Å². The molecule has 5 heteroatoms. The zero-order valence-corrected chi connectivity index (χ0v) is 15.1. The maximum Gasteiger partial charge on any atom is 0.158 e. The zero-order valence-electron chi connectivity index (χ0n) is 15.1. The summed E-state index contributed by atoms with van der Waals surface area (Å²) < 4.78 is 13.1. The zero-order chi connectivity index (χ0) is 18.2. The van der Waals surface area contributed by atoms with E-state index in [4.69, 9.17) is 14.5 Å². The minimum atomic E-state index is 0.664. The maximum absolute atomic E-state index is 5.94. The normalized spacial score (nSPS) is 12.8. The molecule has 1 aliphatic rings. The molecule has 5 rings (SSSR count). The Morgan fingerprint density at radius 3 is 2.78 bits per heavy atom. The summed E-state index contributed by atoms with van der Waals surface area (Å²) >= 11 is 0. The lowest BCUT2D eigenvalue weighted by atomic mass is 9.97. The van der Waals surface area contributed by atoms with Crippen LogP contribution in [-0.4, -0.2) is 28.5 Å². The second-order valence-corrected chi connectivity index (χ2v) is 6.64. The van der Waals surface area contributed by atoms with Gasteiger partial charge in [0, 0.05) is 29.1 Å². The molecule has 0 N–H and O–H groups in total. The number of nitrogens with zero attached hydrogens (tertiary/aromatic N) is 3. The van der Waals surface area contributed by atoms with E-state index in [0.29, 0.717) is 13.2 Å². The Bertz CT molecular complexity index is 1120. The molecule has 1 aliphatic heterocycles. The Morgan fingerprint density at radius 2 is 1.93 bits per heavy atom. The summed E-state index contributed by atoms with van der Waals surface area (Å²) in [5.74, 6) is 1.77. The van der Waals surface area contributed by atoms with Gasteiger partial charge in [0.25, 0.3) is 0 Å². The third-order valence-corrected chi connectivity index (χ3v) is 5.02. The first kappa shape index (κ1) is 15.9. The number of hydrogen-bond donors (Lipinski definition) is 0. The number of rotatable bonds is 3. The third kappa shape index (κ3) is 2.72. The molecule has 134 valence electrons. The molecule has 0 amide bonds. The molecule has 0 radical (unpaired) electrons. The van der Waals surface area contributed by atoms with Gasteiger partial charge in [-0.2, -0.15) is 5.10 Å². The van der Waals surface area contributed by atoms with E-state index >= 15 is 0 Å². The van der Waals surface area contributed by atoms with E-state index in [1.54, 1.807) is 7.11 Å². The van der Waals surface area contributed by atoms with Crippen LogP contribution in [0.3, 0.4) is 0 Å². The smallest absolute Gasteiger partial charge is 0.158 e. The summed E-state index contributed by atoms with van der Waals surface area (Å²) in [6.07, 6.45) is 4.73. The summed E-state index contributed by atoms with van der Waals surface area (Å²) in [5.41, 5.74) is 5.55. The van der Waals surface area contributed by atoms with E-state index in [0.717, 1.165) is 40.1 Å². The van der Waals surface area contributed by atoms with Crippen LogP contribution in [0.4, 0.5) is 0 Å². The maximum atomic E-state index is 5.94. The average molecular weight is 357 g/mol. The van der Waals surface area contributed by atoms with Crippen LogP contribution in [0.1, 0.15) is 11.1 Å². The van der Waals surface area contributed by atoms with Gasteiger partial charge in [0.1, 0.15) is 11.5 Å². The molecule has 0 saturated heterocycles. The fourth-order valence-corrected chi connectivity index (χ4v) is 3.67. The number of methoxy groups -OCH3 is 1. The van der Waals surface area contributed by atoms with E-state index in [9.17, 15) is 0 Å². The van der Waals surface area contributed by atoms with E-state index in [1.165, 1.54) is 11.1 Å². The van der Waals surface area contributed by atoms with E-state index < -0.39 is 0 Å². The van der Waals surface area contributed by atoms with Crippen molar-refractivity contribution in [3.63, 3.8) is 0 Å². The minimum absolute atomic E-state index is 0.664. The Morgan fingerprint density at radius 1 is 1.07 bits per heavy atom. The first-order chi connectivity index (χ1) is 13.3. The predicted molar refractivity (Wildman–Crippen MR) is 104 cm³/mol. The van der Waals surface area contributed by atoms with Gasteiger partial charge in [-0.25, -0.2) is 9.67 Å². The molecule has 2 aromatic heterocycles. The second kappa shape index (κ2) is 6.43. The van der Waals surface area contributed by atoms with Crippen molar-refractivity contribution in [2.24, 2.45) is 0 Å². The topological polar surface area (TPSA) is 49.2 Å². The van der Waals surface area contributed by atoms with Gasteiger partial charge in [-0.3, -0.25) is 0 Å². The number of para-hydroxylation sites is 1. The Kier molecular flexibility index (Phi) is 3.78. The third-order valence-electron chi connectivity index (χ3n) is 5.02. The van der Waals surface area contributed by atoms with Crippen LogP contribution in [-0.2, 0) is 13.0 Å². The van der Waals surface area contributed by atoms with Gasteiger partial charge in [-0.1, -0.05) is 30.3 Å². The molecular weight excluding hydrogens is 338 g/mol. The van der Waals surface area contributed by atoms with E-state index in [1.807, 2.05) is 47.4 Å². The molecule has 0 unspecified atom stereocenters. The highest BCUT2D eigenvalue weighted by Crippen LogP contribution is 2.39. The number of pyridine rings is 1. The van der Waals surface area contributed by atoms with Crippen LogP contribution >= 0.6 is 0 Å². The van der Waals surface area contributed by atoms with Gasteiger partial charge < -0.3 is 9.47 Å². The lowest BCUT2D eigenvalue weighted by molar-refractivity contribution is 0.326. The van der Waals surface area contributed by atoms with Crippen LogP contribution < -0.4 is 9.47 Å². The monoisotopic (exact) mass is 357 g/mol. The van der Waals surface area contributed by atoms with Crippen molar-refractivity contribution in [3.8, 4) is 22.6 Å². The van der Waals surface area contributed by atoms with E-state index in [2.05, 4.69) is 23.3 Å². The van der Waals surface area contributed by atoms with Crippen molar-refractivity contribution in [2.45, 2.75) is 13.0 Å². The first-order valence-electron chi connectivity index (χ1n) is 9.02. The highest BCUT2D eigenvalue weighted by Gasteiger charge is 2.20. The summed E-state index contributed by atoms with van der Waals surface area (Å²) in [4.78, 5) is 4.72. The summed E-state index contributed by atoms with van der Waals surface area (Å²) in [6, 6.07) is 16.2. The number of benzene rings is 2. The van der Waals surface area contributed by atoms with Crippen LogP contribution in [0.2, 0.25) is 0 Å². The van der Waals surface area contributed by atoms with Crippen LogP contribution in [0.25, 0.3) is 22.2 Å². The number of fused-ring (bicyclic) bond motifs is 5. The molecule has 0 saturated carbocycles. The van der Waals surface area contributed by atoms with Crippen molar-refractivity contribution in [2.75, 3.05) is 13.7 Å². The summed E-state index contributed by atoms with van der Waals surface area (Å²) in [6.45, 7) is 1.33. The minimum Gasteiger partial charge on any atom is -0.497 e. The largest absolute Gasteiger partial charge is 0.497 e. The molecule has 0 fully saturated rings. The molecule has 4 aromatic rings. The molecule has 0 bridgehead atoms. The fraction of sp³-hybridized carbons (Fsp3) is 0.182.